The zero-order chi connectivity index (χ0) is 14.6. The van der Waals surface area contributed by atoms with Gasteiger partial charge >= 0.3 is 0 Å². The molecule has 4 nitrogen and oxygen atoms in total. The Labute approximate surface area is 121 Å². The maximum Gasteiger partial charge on any atom is 0.226 e. The zero-order valence-electron chi connectivity index (χ0n) is 12.6. The van der Waals surface area contributed by atoms with E-state index in [1.807, 2.05) is 36.1 Å². The number of amides is 1. The first kappa shape index (κ1) is 14.9. The van der Waals surface area contributed by atoms with E-state index in [4.69, 9.17) is 4.74 Å². The third kappa shape index (κ3) is 3.73. The summed E-state index contributed by atoms with van der Waals surface area (Å²) in [6, 6.07) is 7.90. The summed E-state index contributed by atoms with van der Waals surface area (Å²) >= 11 is 0. The minimum atomic E-state index is -0.112. The summed E-state index contributed by atoms with van der Waals surface area (Å²) in [5, 5.41) is 3.32. The lowest BCUT2D eigenvalue weighted by Gasteiger charge is -2.42. The van der Waals surface area contributed by atoms with Crippen molar-refractivity contribution in [1.82, 2.24) is 10.2 Å². The molecule has 0 aliphatic carbocycles. The molecule has 1 heterocycles. The highest BCUT2D eigenvalue weighted by Gasteiger charge is 2.32. The van der Waals surface area contributed by atoms with Crippen LogP contribution >= 0.6 is 0 Å². The molecular weight excluding hydrogens is 252 g/mol. The topological polar surface area (TPSA) is 41.6 Å². The molecule has 1 aromatic carbocycles. The Morgan fingerprint density at radius 2 is 2.25 bits per heavy atom. The van der Waals surface area contributed by atoms with E-state index in [-0.39, 0.29) is 11.4 Å². The van der Waals surface area contributed by atoms with Crippen LogP contribution in [0.5, 0.6) is 5.75 Å². The Bertz CT molecular complexity index is 471. The van der Waals surface area contributed by atoms with Crippen molar-refractivity contribution in [2.24, 2.45) is 0 Å². The molecule has 0 atom stereocenters. The van der Waals surface area contributed by atoms with Gasteiger partial charge < -0.3 is 15.0 Å². The minimum Gasteiger partial charge on any atom is -0.493 e. The zero-order valence-corrected chi connectivity index (χ0v) is 12.6. The molecule has 0 radical (unpaired) electrons. The molecule has 1 saturated heterocycles. The molecular formula is C16H24N2O2. The van der Waals surface area contributed by atoms with Gasteiger partial charge in [-0.25, -0.2) is 0 Å². The maximum absolute atomic E-state index is 12.3. The van der Waals surface area contributed by atoms with Gasteiger partial charge in [-0.2, -0.15) is 0 Å². The average molecular weight is 276 g/mol. The van der Waals surface area contributed by atoms with Gasteiger partial charge in [-0.3, -0.25) is 4.79 Å². The van der Waals surface area contributed by atoms with Gasteiger partial charge in [0, 0.05) is 25.2 Å². The number of aryl methyl sites for hydroxylation is 1. The quantitative estimate of drug-likeness (QED) is 0.914. The SMILES string of the molecule is Cc1cccc(OCCC(=O)N2CCNCC2(C)C)c1. The van der Waals surface area contributed by atoms with Crippen molar-refractivity contribution in [2.75, 3.05) is 26.2 Å². The molecule has 1 N–H and O–H groups in total. The van der Waals surface area contributed by atoms with Crippen LogP contribution in [-0.4, -0.2) is 42.6 Å². The molecule has 4 heteroatoms. The van der Waals surface area contributed by atoms with E-state index in [0.717, 1.165) is 30.9 Å². The molecule has 1 fully saturated rings. The van der Waals surface area contributed by atoms with E-state index in [2.05, 4.69) is 19.2 Å². The summed E-state index contributed by atoms with van der Waals surface area (Å²) in [6.45, 7) is 9.14. The Morgan fingerprint density at radius 1 is 1.45 bits per heavy atom. The van der Waals surface area contributed by atoms with Crippen LogP contribution in [0.15, 0.2) is 24.3 Å². The summed E-state index contributed by atoms with van der Waals surface area (Å²) in [4.78, 5) is 14.3. The van der Waals surface area contributed by atoms with Crippen LogP contribution in [-0.2, 0) is 4.79 Å². The molecule has 0 unspecified atom stereocenters. The number of piperazine rings is 1. The third-order valence-electron chi connectivity index (χ3n) is 3.68. The number of ether oxygens (including phenoxy) is 1. The van der Waals surface area contributed by atoms with Crippen molar-refractivity contribution in [3.8, 4) is 5.75 Å². The molecule has 20 heavy (non-hydrogen) atoms. The number of hydrogen-bond donors (Lipinski definition) is 1. The highest BCUT2D eigenvalue weighted by atomic mass is 16.5. The third-order valence-corrected chi connectivity index (χ3v) is 3.68. The molecule has 110 valence electrons. The largest absolute Gasteiger partial charge is 0.493 e. The Morgan fingerprint density at radius 3 is 2.95 bits per heavy atom. The van der Waals surface area contributed by atoms with Gasteiger partial charge in [0.1, 0.15) is 5.75 Å². The van der Waals surface area contributed by atoms with Crippen LogP contribution < -0.4 is 10.1 Å². The first-order valence-corrected chi connectivity index (χ1v) is 7.20. The second-order valence-corrected chi connectivity index (χ2v) is 5.95. The highest BCUT2D eigenvalue weighted by molar-refractivity contribution is 5.77. The molecule has 2 rings (SSSR count). The van der Waals surface area contributed by atoms with E-state index < -0.39 is 0 Å². The second-order valence-electron chi connectivity index (χ2n) is 5.95. The molecule has 0 spiro atoms. The lowest BCUT2D eigenvalue weighted by atomic mass is 10.00. The fourth-order valence-corrected chi connectivity index (χ4v) is 2.54. The van der Waals surface area contributed by atoms with E-state index >= 15 is 0 Å². The highest BCUT2D eigenvalue weighted by Crippen LogP contribution is 2.18. The number of nitrogens with zero attached hydrogens (tertiary/aromatic N) is 1. The molecule has 1 aliphatic heterocycles. The summed E-state index contributed by atoms with van der Waals surface area (Å²) in [7, 11) is 0. The molecule has 1 amide bonds. The van der Waals surface area contributed by atoms with Crippen molar-refractivity contribution >= 4 is 5.91 Å². The molecule has 1 aromatic rings. The molecule has 0 saturated carbocycles. The fraction of sp³-hybridized carbons (Fsp3) is 0.562. The minimum absolute atomic E-state index is 0.112. The van der Waals surface area contributed by atoms with Crippen LogP contribution in [0.2, 0.25) is 0 Å². The van der Waals surface area contributed by atoms with Gasteiger partial charge in [0.15, 0.2) is 0 Å². The summed E-state index contributed by atoms with van der Waals surface area (Å²) < 4.78 is 5.65. The van der Waals surface area contributed by atoms with E-state index in [0.29, 0.717) is 13.0 Å². The van der Waals surface area contributed by atoms with E-state index in [9.17, 15) is 4.79 Å². The standard InChI is InChI=1S/C16H24N2O2/c1-13-5-4-6-14(11-13)20-10-7-15(19)18-9-8-17-12-16(18,2)3/h4-6,11,17H,7-10,12H2,1-3H3. The number of rotatable bonds is 4. The number of hydrogen-bond acceptors (Lipinski definition) is 3. The molecule has 0 bridgehead atoms. The van der Waals surface area contributed by atoms with Crippen molar-refractivity contribution in [3.05, 3.63) is 29.8 Å². The number of benzene rings is 1. The van der Waals surface area contributed by atoms with Crippen LogP contribution in [0.25, 0.3) is 0 Å². The van der Waals surface area contributed by atoms with Crippen LogP contribution in [0.1, 0.15) is 25.8 Å². The average Bonchev–Trinajstić information content (AvgIpc) is 2.38. The normalized spacial score (nSPS) is 17.9. The van der Waals surface area contributed by atoms with Gasteiger partial charge in [0.25, 0.3) is 0 Å². The van der Waals surface area contributed by atoms with Crippen LogP contribution in [0, 0.1) is 6.92 Å². The van der Waals surface area contributed by atoms with Gasteiger partial charge in [0.05, 0.1) is 13.0 Å². The Balaban J connectivity index is 1.83. The van der Waals surface area contributed by atoms with Crippen molar-refractivity contribution < 1.29 is 9.53 Å². The summed E-state index contributed by atoms with van der Waals surface area (Å²) in [5.41, 5.74) is 1.05. The monoisotopic (exact) mass is 276 g/mol. The number of carbonyl (C=O) groups is 1. The van der Waals surface area contributed by atoms with Crippen LogP contribution in [0.4, 0.5) is 0 Å². The lowest BCUT2D eigenvalue weighted by molar-refractivity contribution is -0.138. The number of carbonyl (C=O) groups excluding carboxylic acids is 1. The van der Waals surface area contributed by atoms with Gasteiger partial charge in [0.2, 0.25) is 5.91 Å². The number of nitrogens with one attached hydrogen (secondary N) is 1. The van der Waals surface area contributed by atoms with Gasteiger partial charge in [-0.15, -0.1) is 0 Å². The summed E-state index contributed by atoms with van der Waals surface area (Å²) in [5.74, 6) is 1.00. The van der Waals surface area contributed by atoms with Crippen molar-refractivity contribution in [3.63, 3.8) is 0 Å². The smallest absolute Gasteiger partial charge is 0.226 e. The van der Waals surface area contributed by atoms with Gasteiger partial charge in [-0.05, 0) is 38.5 Å². The van der Waals surface area contributed by atoms with E-state index in [1.54, 1.807) is 0 Å². The molecule has 0 aromatic heterocycles. The molecule has 1 aliphatic rings. The van der Waals surface area contributed by atoms with Gasteiger partial charge in [-0.1, -0.05) is 12.1 Å². The predicted octanol–water partition coefficient (Wildman–Crippen LogP) is 1.97. The first-order valence-electron chi connectivity index (χ1n) is 7.20. The summed E-state index contributed by atoms with van der Waals surface area (Å²) in [6.07, 6.45) is 0.428. The predicted molar refractivity (Wildman–Crippen MR) is 80.0 cm³/mol. The van der Waals surface area contributed by atoms with Crippen LogP contribution in [0.3, 0.4) is 0 Å². The second kappa shape index (κ2) is 6.27. The Kier molecular flexibility index (Phi) is 4.65. The first-order chi connectivity index (χ1) is 9.49. The van der Waals surface area contributed by atoms with Crippen molar-refractivity contribution in [2.45, 2.75) is 32.7 Å². The maximum atomic E-state index is 12.3. The fourth-order valence-electron chi connectivity index (χ4n) is 2.54. The lowest BCUT2D eigenvalue weighted by Crippen LogP contribution is -2.60. The van der Waals surface area contributed by atoms with Crippen molar-refractivity contribution in [1.29, 1.82) is 0 Å². The Hall–Kier alpha value is -1.55. The van der Waals surface area contributed by atoms with E-state index in [1.165, 1.54) is 0 Å².